The standard InChI is InChI=1S/C14H12BCl2NO2/c16-11-3-1-9(14(17)5-11)7-18-12-4-2-10-8-20-15(19)13(10)6-12/h1-6,18-19H,7-8H2. The lowest BCUT2D eigenvalue weighted by atomic mass is 9.79. The average Bonchev–Trinajstić information content (AvgIpc) is 2.79. The van der Waals surface area contributed by atoms with E-state index in [9.17, 15) is 5.02 Å². The molecule has 0 aliphatic carbocycles. The van der Waals surface area contributed by atoms with Crippen molar-refractivity contribution in [1.82, 2.24) is 0 Å². The van der Waals surface area contributed by atoms with E-state index in [-0.39, 0.29) is 0 Å². The van der Waals surface area contributed by atoms with Gasteiger partial charge in [-0.3, -0.25) is 0 Å². The Morgan fingerprint density at radius 2 is 2.05 bits per heavy atom. The number of hydrogen-bond acceptors (Lipinski definition) is 3. The van der Waals surface area contributed by atoms with Crippen LogP contribution in [0.5, 0.6) is 0 Å². The highest BCUT2D eigenvalue weighted by atomic mass is 35.5. The van der Waals surface area contributed by atoms with Crippen molar-refractivity contribution < 1.29 is 9.68 Å². The van der Waals surface area contributed by atoms with Crippen molar-refractivity contribution in [1.29, 1.82) is 0 Å². The highest BCUT2D eigenvalue weighted by molar-refractivity contribution is 6.61. The monoisotopic (exact) mass is 307 g/mol. The van der Waals surface area contributed by atoms with Gasteiger partial charge < -0.3 is 15.0 Å². The number of fused-ring (bicyclic) bond motifs is 1. The van der Waals surface area contributed by atoms with E-state index in [2.05, 4.69) is 5.32 Å². The molecule has 6 heteroatoms. The molecular formula is C14H12BCl2NO2. The lowest BCUT2D eigenvalue weighted by molar-refractivity contribution is 0.275. The van der Waals surface area contributed by atoms with Gasteiger partial charge in [0.1, 0.15) is 0 Å². The Hall–Kier alpha value is -1.20. The summed E-state index contributed by atoms with van der Waals surface area (Å²) in [5, 5.41) is 14.2. The number of anilines is 1. The predicted molar refractivity (Wildman–Crippen MR) is 82.6 cm³/mol. The Morgan fingerprint density at radius 3 is 2.85 bits per heavy atom. The average molecular weight is 308 g/mol. The summed E-state index contributed by atoms with van der Waals surface area (Å²) in [5.41, 5.74) is 3.72. The molecule has 0 fully saturated rings. The first-order chi connectivity index (χ1) is 9.63. The molecule has 1 heterocycles. The predicted octanol–water partition coefficient (Wildman–Crippen LogP) is 2.82. The van der Waals surface area contributed by atoms with Crippen LogP contribution in [0, 0.1) is 0 Å². The summed E-state index contributed by atoms with van der Waals surface area (Å²) in [6, 6.07) is 11.2. The third-order valence-corrected chi connectivity index (χ3v) is 3.89. The number of rotatable bonds is 3. The van der Waals surface area contributed by atoms with Crippen LogP contribution in [-0.2, 0) is 17.8 Å². The summed E-state index contributed by atoms with van der Waals surface area (Å²) >= 11 is 12.0. The van der Waals surface area contributed by atoms with Gasteiger partial charge in [-0.2, -0.15) is 0 Å². The first-order valence-electron chi connectivity index (χ1n) is 6.24. The van der Waals surface area contributed by atoms with Gasteiger partial charge in [-0.15, -0.1) is 0 Å². The first-order valence-corrected chi connectivity index (χ1v) is 6.99. The molecule has 0 atom stereocenters. The minimum atomic E-state index is -0.828. The summed E-state index contributed by atoms with van der Waals surface area (Å²) in [6.07, 6.45) is 0. The fraction of sp³-hybridized carbons (Fsp3) is 0.143. The van der Waals surface area contributed by atoms with Gasteiger partial charge in [0.2, 0.25) is 0 Å². The van der Waals surface area contributed by atoms with Crippen LogP contribution < -0.4 is 10.8 Å². The number of nitrogens with one attached hydrogen (secondary N) is 1. The van der Waals surface area contributed by atoms with Gasteiger partial charge >= 0.3 is 7.12 Å². The van der Waals surface area contributed by atoms with Gasteiger partial charge in [-0.1, -0.05) is 35.3 Å². The maximum Gasteiger partial charge on any atom is 0.491 e. The Morgan fingerprint density at radius 1 is 1.20 bits per heavy atom. The lowest BCUT2D eigenvalue weighted by Gasteiger charge is -2.10. The molecule has 0 amide bonds. The molecule has 0 bridgehead atoms. The van der Waals surface area contributed by atoms with E-state index in [4.69, 9.17) is 27.9 Å². The quantitative estimate of drug-likeness (QED) is 0.857. The maximum atomic E-state index is 9.68. The molecule has 0 spiro atoms. The molecule has 0 saturated carbocycles. The minimum Gasteiger partial charge on any atom is -0.423 e. The summed E-state index contributed by atoms with van der Waals surface area (Å²) in [5.74, 6) is 0. The van der Waals surface area contributed by atoms with Crippen molar-refractivity contribution in [2.24, 2.45) is 0 Å². The molecule has 102 valence electrons. The van der Waals surface area contributed by atoms with E-state index in [0.29, 0.717) is 23.2 Å². The Labute approximate surface area is 127 Å². The van der Waals surface area contributed by atoms with Gasteiger partial charge in [0.15, 0.2) is 0 Å². The topological polar surface area (TPSA) is 41.5 Å². The van der Waals surface area contributed by atoms with Crippen LogP contribution in [0.3, 0.4) is 0 Å². The lowest BCUT2D eigenvalue weighted by Crippen LogP contribution is -2.28. The van der Waals surface area contributed by atoms with Gasteiger partial charge in [-0.25, -0.2) is 0 Å². The summed E-state index contributed by atoms with van der Waals surface area (Å²) < 4.78 is 5.17. The molecule has 3 rings (SSSR count). The summed E-state index contributed by atoms with van der Waals surface area (Å²) in [7, 11) is -0.828. The zero-order valence-corrected chi connectivity index (χ0v) is 12.1. The highest BCUT2D eigenvalue weighted by Crippen LogP contribution is 2.22. The summed E-state index contributed by atoms with van der Waals surface area (Å²) in [4.78, 5) is 0. The van der Waals surface area contributed by atoms with Crippen LogP contribution in [-0.4, -0.2) is 12.1 Å². The molecule has 2 N–H and O–H groups in total. The zero-order chi connectivity index (χ0) is 14.1. The molecule has 0 saturated heterocycles. The van der Waals surface area contributed by atoms with Crippen molar-refractivity contribution >= 4 is 41.5 Å². The zero-order valence-electron chi connectivity index (χ0n) is 10.6. The molecule has 0 aromatic heterocycles. The van der Waals surface area contributed by atoms with Crippen molar-refractivity contribution in [2.45, 2.75) is 13.2 Å². The number of benzene rings is 2. The number of halogens is 2. The number of hydrogen-bond donors (Lipinski definition) is 2. The van der Waals surface area contributed by atoms with E-state index >= 15 is 0 Å². The van der Waals surface area contributed by atoms with Crippen LogP contribution in [0.25, 0.3) is 0 Å². The molecule has 0 unspecified atom stereocenters. The normalized spacial score (nSPS) is 13.4. The highest BCUT2D eigenvalue weighted by Gasteiger charge is 2.27. The van der Waals surface area contributed by atoms with Crippen LogP contribution in [0.2, 0.25) is 10.0 Å². The third kappa shape index (κ3) is 2.79. The Kier molecular flexibility index (Phi) is 3.90. The van der Waals surface area contributed by atoms with E-state index in [1.807, 2.05) is 30.3 Å². The van der Waals surface area contributed by atoms with Crippen molar-refractivity contribution in [2.75, 3.05) is 5.32 Å². The van der Waals surface area contributed by atoms with Gasteiger partial charge in [-0.05, 0) is 40.9 Å². The fourth-order valence-electron chi connectivity index (χ4n) is 2.19. The molecule has 1 aliphatic rings. The van der Waals surface area contributed by atoms with Gasteiger partial charge in [0, 0.05) is 22.3 Å². The molecular weight excluding hydrogens is 296 g/mol. The van der Waals surface area contributed by atoms with Crippen LogP contribution in [0.4, 0.5) is 5.69 Å². The van der Waals surface area contributed by atoms with Crippen molar-refractivity contribution in [3.63, 3.8) is 0 Å². The van der Waals surface area contributed by atoms with E-state index in [1.54, 1.807) is 6.07 Å². The smallest absolute Gasteiger partial charge is 0.423 e. The second kappa shape index (κ2) is 5.66. The van der Waals surface area contributed by atoms with Gasteiger partial charge in [0.25, 0.3) is 0 Å². The molecule has 2 aromatic rings. The van der Waals surface area contributed by atoms with E-state index in [1.165, 1.54) is 0 Å². The SMILES string of the molecule is OB1OCc2ccc(NCc3ccc(Cl)cc3Cl)cc21. The fourth-order valence-corrected chi connectivity index (χ4v) is 2.66. The molecule has 0 radical (unpaired) electrons. The summed E-state index contributed by atoms with van der Waals surface area (Å²) in [6.45, 7) is 1.05. The van der Waals surface area contributed by atoms with Crippen LogP contribution >= 0.6 is 23.2 Å². The Bertz CT molecular complexity index is 651. The largest absolute Gasteiger partial charge is 0.491 e. The molecule has 2 aromatic carbocycles. The minimum absolute atomic E-state index is 0.458. The molecule has 1 aliphatic heterocycles. The van der Waals surface area contributed by atoms with Crippen molar-refractivity contribution in [3.8, 4) is 0 Å². The molecule has 3 nitrogen and oxygen atoms in total. The van der Waals surface area contributed by atoms with Gasteiger partial charge in [0.05, 0.1) is 6.61 Å². The first kappa shape index (κ1) is 13.8. The van der Waals surface area contributed by atoms with Crippen LogP contribution in [0.1, 0.15) is 11.1 Å². The maximum absolute atomic E-state index is 9.68. The second-order valence-corrected chi connectivity index (χ2v) is 5.51. The Balaban J connectivity index is 1.74. The van der Waals surface area contributed by atoms with E-state index < -0.39 is 7.12 Å². The van der Waals surface area contributed by atoms with E-state index in [0.717, 1.165) is 22.3 Å². The van der Waals surface area contributed by atoms with Crippen molar-refractivity contribution in [3.05, 3.63) is 57.6 Å². The van der Waals surface area contributed by atoms with Crippen LogP contribution in [0.15, 0.2) is 36.4 Å². The third-order valence-electron chi connectivity index (χ3n) is 3.31. The second-order valence-electron chi connectivity index (χ2n) is 4.67. The molecule has 20 heavy (non-hydrogen) atoms.